The largest absolute Gasteiger partial charge is 0.370 e. The molecule has 80 valence electrons. The monoisotopic (exact) mass is 207 g/mol. The Morgan fingerprint density at radius 3 is 3.20 bits per heavy atom. The molecule has 1 atom stereocenters. The van der Waals surface area contributed by atoms with Crippen LogP contribution in [-0.2, 0) is 11.2 Å². The number of nitrogens with zero attached hydrogens (tertiary/aromatic N) is 3. The summed E-state index contributed by atoms with van der Waals surface area (Å²) < 4.78 is 10.5. The SMILES string of the molecule is N#CCCCc1nc(C2CCCO2)no1. The summed E-state index contributed by atoms with van der Waals surface area (Å²) in [5.41, 5.74) is 0. The molecule has 0 radical (unpaired) electrons. The fourth-order valence-corrected chi connectivity index (χ4v) is 1.60. The van der Waals surface area contributed by atoms with Gasteiger partial charge in [0.05, 0.1) is 6.07 Å². The number of ether oxygens (including phenoxy) is 1. The highest BCUT2D eigenvalue weighted by Crippen LogP contribution is 2.26. The smallest absolute Gasteiger partial charge is 0.226 e. The van der Waals surface area contributed by atoms with E-state index in [9.17, 15) is 0 Å². The maximum Gasteiger partial charge on any atom is 0.226 e. The number of hydrogen-bond acceptors (Lipinski definition) is 5. The lowest BCUT2D eigenvalue weighted by Gasteiger charge is -2.00. The van der Waals surface area contributed by atoms with E-state index in [0.717, 1.165) is 25.9 Å². The number of rotatable bonds is 4. The molecule has 0 amide bonds. The Morgan fingerprint density at radius 1 is 1.53 bits per heavy atom. The van der Waals surface area contributed by atoms with Gasteiger partial charge in [-0.3, -0.25) is 0 Å². The Kier molecular flexibility index (Phi) is 3.30. The summed E-state index contributed by atoms with van der Waals surface area (Å²) in [5, 5.41) is 12.3. The topological polar surface area (TPSA) is 71.9 Å². The third kappa shape index (κ3) is 2.54. The molecule has 1 aromatic heterocycles. The Balaban J connectivity index is 1.89. The van der Waals surface area contributed by atoms with Crippen LogP contribution in [0.15, 0.2) is 4.52 Å². The lowest BCUT2D eigenvalue weighted by atomic mass is 10.2. The molecule has 1 aromatic rings. The molecular formula is C10H13N3O2. The quantitative estimate of drug-likeness (QED) is 0.703. The van der Waals surface area contributed by atoms with E-state index >= 15 is 0 Å². The van der Waals surface area contributed by atoms with Crippen molar-refractivity contribution >= 4 is 0 Å². The van der Waals surface area contributed by atoms with Crippen molar-refractivity contribution < 1.29 is 9.26 Å². The maximum atomic E-state index is 8.39. The lowest BCUT2D eigenvalue weighted by molar-refractivity contribution is 0.103. The molecule has 0 aromatic carbocycles. The molecule has 1 saturated heterocycles. The van der Waals surface area contributed by atoms with Crippen LogP contribution < -0.4 is 0 Å². The van der Waals surface area contributed by atoms with E-state index in [4.69, 9.17) is 14.5 Å². The van der Waals surface area contributed by atoms with Gasteiger partial charge in [-0.1, -0.05) is 5.16 Å². The predicted molar refractivity (Wildman–Crippen MR) is 50.8 cm³/mol. The second kappa shape index (κ2) is 4.89. The van der Waals surface area contributed by atoms with Crippen molar-refractivity contribution in [1.82, 2.24) is 10.1 Å². The number of unbranched alkanes of at least 4 members (excludes halogenated alkanes) is 1. The van der Waals surface area contributed by atoms with Gasteiger partial charge in [0.25, 0.3) is 0 Å². The van der Waals surface area contributed by atoms with Gasteiger partial charge in [-0.25, -0.2) is 0 Å². The zero-order valence-electron chi connectivity index (χ0n) is 8.48. The number of aryl methyl sites for hydroxylation is 1. The average molecular weight is 207 g/mol. The molecule has 0 bridgehead atoms. The van der Waals surface area contributed by atoms with E-state index in [-0.39, 0.29) is 6.10 Å². The molecule has 5 heteroatoms. The van der Waals surface area contributed by atoms with Crippen LogP contribution in [0.2, 0.25) is 0 Å². The number of nitriles is 1. The van der Waals surface area contributed by atoms with E-state index in [2.05, 4.69) is 16.2 Å². The fraction of sp³-hybridized carbons (Fsp3) is 0.700. The normalized spacial score (nSPS) is 20.3. The van der Waals surface area contributed by atoms with Gasteiger partial charge in [0.1, 0.15) is 6.10 Å². The summed E-state index contributed by atoms with van der Waals surface area (Å²) in [7, 11) is 0. The van der Waals surface area contributed by atoms with Crippen LogP contribution in [0.3, 0.4) is 0 Å². The van der Waals surface area contributed by atoms with E-state index in [1.54, 1.807) is 0 Å². The summed E-state index contributed by atoms with van der Waals surface area (Å²) in [4.78, 5) is 4.25. The van der Waals surface area contributed by atoms with Crippen LogP contribution in [0.5, 0.6) is 0 Å². The van der Waals surface area contributed by atoms with Crippen molar-refractivity contribution in [1.29, 1.82) is 5.26 Å². The van der Waals surface area contributed by atoms with Crippen LogP contribution in [0, 0.1) is 11.3 Å². The van der Waals surface area contributed by atoms with Crippen LogP contribution in [0.25, 0.3) is 0 Å². The third-order valence-electron chi connectivity index (χ3n) is 2.38. The first-order valence-electron chi connectivity index (χ1n) is 5.21. The van der Waals surface area contributed by atoms with Gasteiger partial charge in [-0.2, -0.15) is 10.2 Å². The minimum absolute atomic E-state index is 0.0125. The van der Waals surface area contributed by atoms with Gasteiger partial charge in [0.2, 0.25) is 11.7 Å². The number of hydrogen-bond donors (Lipinski definition) is 0. The second-order valence-electron chi connectivity index (χ2n) is 3.56. The molecule has 0 spiro atoms. The van der Waals surface area contributed by atoms with Gasteiger partial charge >= 0.3 is 0 Å². The van der Waals surface area contributed by atoms with Crippen molar-refractivity contribution in [2.45, 2.75) is 38.2 Å². The molecule has 1 fully saturated rings. The predicted octanol–water partition coefficient (Wildman–Crippen LogP) is 1.77. The summed E-state index contributed by atoms with van der Waals surface area (Å²) in [6, 6.07) is 2.09. The van der Waals surface area contributed by atoms with E-state index in [1.807, 2.05) is 0 Å². The molecule has 0 N–H and O–H groups in total. The molecule has 1 aliphatic heterocycles. The fourth-order valence-electron chi connectivity index (χ4n) is 1.60. The Labute approximate surface area is 88.0 Å². The van der Waals surface area contributed by atoms with Crippen molar-refractivity contribution in [3.63, 3.8) is 0 Å². The molecule has 0 aliphatic carbocycles. The molecule has 2 rings (SSSR count). The second-order valence-corrected chi connectivity index (χ2v) is 3.56. The minimum Gasteiger partial charge on any atom is -0.370 e. The highest BCUT2D eigenvalue weighted by atomic mass is 16.5. The Bertz CT molecular complexity index is 350. The van der Waals surface area contributed by atoms with Crippen LogP contribution in [0.4, 0.5) is 0 Å². The Hall–Kier alpha value is -1.41. The average Bonchev–Trinajstić information content (AvgIpc) is 2.87. The first-order valence-corrected chi connectivity index (χ1v) is 5.21. The molecule has 15 heavy (non-hydrogen) atoms. The van der Waals surface area contributed by atoms with Gasteiger partial charge in [-0.05, 0) is 19.3 Å². The lowest BCUT2D eigenvalue weighted by Crippen LogP contribution is -1.98. The van der Waals surface area contributed by atoms with E-state index in [0.29, 0.717) is 24.6 Å². The standard InChI is InChI=1S/C10H13N3O2/c11-6-2-1-5-9-12-10(13-15-9)8-4-3-7-14-8/h8H,1-5,7H2. The highest BCUT2D eigenvalue weighted by Gasteiger charge is 2.22. The zero-order chi connectivity index (χ0) is 10.5. The molecular weight excluding hydrogens is 194 g/mol. The Morgan fingerprint density at radius 2 is 2.47 bits per heavy atom. The third-order valence-corrected chi connectivity index (χ3v) is 2.38. The van der Waals surface area contributed by atoms with Crippen molar-refractivity contribution in [3.8, 4) is 6.07 Å². The molecule has 1 unspecified atom stereocenters. The summed E-state index contributed by atoms with van der Waals surface area (Å²) in [5.74, 6) is 1.26. The van der Waals surface area contributed by atoms with Crippen LogP contribution in [-0.4, -0.2) is 16.7 Å². The zero-order valence-corrected chi connectivity index (χ0v) is 8.48. The summed E-state index contributed by atoms with van der Waals surface area (Å²) in [6.07, 6.45) is 4.01. The van der Waals surface area contributed by atoms with E-state index < -0.39 is 0 Å². The van der Waals surface area contributed by atoms with Gasteiger partial charge in [0, 0.05) is 19.4 Å². The van der Waals surface area contributed by atoms with Crippen LogP contribution >= 0.6 is 0 Å². The van der Waals surface area contributed by atoms with Crippen molar-refractivity contribution in [2.24, 2.45) is 0 Å². The van der Waals surface area contributed by atoms with E-state index in [1.165, 1.54) is 0 Å². The molecule has 0 saturated carbocycles. The van der Waals surface area contributed by atoms with Gasteiger partial charge < -0.3 is 9.26 Å². The van der Waals surface area contributed by atoms with Crippen molar-refractivity contribution in [2.75, 3.05) is 6.61 Å². The number of aromatic nitrogens is 2. The summed E-state index contributed by atoms with van der Waals surface area (Å²) in [6.45, 7) is 0.781. The van der Waals surface area contributed by atoms with Gasteiger partial charge in [0.15, 0.2) is 0 Å². The van der Waals surface area contributed by atoms with Gasteiger partial charge in [-0.15, -0.1) is 0 Å². The maximum absolute atomic E-state index is 8.39. The molecule has 1 aliphatic rings. The first-order chi connectivity index (χ1) is 7.40. The summed E-state index contributed by atoms with van der Waals surface area (Å²) >= 11 is 0. The first kappa shape index (κ1) is 10.1. The highest BCUT2D eigenvalue weighted by molar-refractivity contribution is 4.93. The molecule has 2 heterocycles. The minimum atomic E-state index is 0.0125. The van der Waals surface area contributed by atoms with Crippen LogP contribution in [0.1, 0.15) is 43.5 Å². The van der Waals surface area contributed by atoms with Crippen molar-refractivity contribution in [3.05, 3.63) is 11.7 Å². The molecule has 5 nitrogen and oxygen atoms in total.